The minimum Gasteiger partial charge on any atom is -0.368 e. The molecule has 0 saturated carbocycles. The Kier molecular flexibility index (Phi) is 7.16. The van der Waals surface area contributed by atoms with Crippen molar-refractivity contribution in [2.75, 3.05) is 49.5 Å². The highest BCUT2D eigenvalue weighted by Gasteiger charge is 2.26. The largest absolute Gasteiger partial charge is 0.368 e. The van der Waals surface area contributed by atoms with Gasteiger partial charge in [0.15, 0.2) is 0 Å². The fourth-order valence-electron chi connectivity index (χ4n) is 5.26. The second kappa shape index (κ2) is 10.5. The van der Waals surface area contributed by atoms with Gasteiger partial charge in [0.25, 0.3) is 5.91 Å². The number of imidazole rings is 1. The van der Waals surface area contributed by atoms with Gasteiger partial charge in [0.1, 0.15) is 0 Å². The monoisotopic (exact) mass is 508 g/mol. The Balaban J connectivity index is 1.52. The number of nitrogens with one attached hydrogen (secondary N) is 2. The van der Waals surface area contributed by atoms with Gasteiger partial charge in [0.05, 0.1) is 16.1 Å². The number of hydrogen-bond donors (Lipinski definition) is 2. The second-order valence-electron chi connectivity index (χ2n) is 9.77. The van der Waals surface area contributed by atoms with Crippen molar-refractivity contribution in [3.8, 4) is 0 Å². The molecule has 2 aliphatic heterocycles. The van der Waals surface area contributed by atoms with E-state index in [4.69, 9.17) is 16.6 Å². The average molecular weight is 509 g/mol. The number of nitrogens with zero attached hydrogens (tertiary/aromatic N) is 4. The van der Waals surface area contributed by atoms with Gasteiger partial charge in [-0.1, -0.05) is 35.7 Å². The zero-order chi connectivity index (χ0) is 25.2. The molecular formula is C27H33ClN6O2. The minimum absolute atomic E-state index is 0.105. The van der Waals surface area contributed by atoms with E-state index in [0.29, 0.717) is 29.6 Å². The van der Waals surface area contributed by atoms with Crippen LogP contribution in [-0.2, 0) is 4.79 Å². The van der Waals surface area contributed by atoms with Crippen LogP contribution in [0.15, 0.2) is 36.4 Å². The quantitative estimate of drug-likeness (QED) is 0.551. The second-order valence-corrected chi connectivity index (χ2v) is 10.2. The predicted molar refractivity (Wildman–Crippen MR) is 144 cm³/mol. The van der Waals surface area contributed by atoms with Crippen molar-refractivity contribution in [3.05, 3.63) is 52.5 Å². The van der Waals surface area contributed by atoms with Gasteiger partial charge in [-0.3, -0.25) is 14.9 Å². The highest BCUT2D eigenvalue weighted by molar-refractivity contribution is 6.35. The van der Waals surface area contributed by atoms with E-state index in [2.05, 4.69) is 20.1 Å². The van der Waals surface area contributed by atoms with Gasteiger partial charge < -0.3 is 19.7 Å². The predicted octanol–water partition coefficient (Wildman–Crippen LogP) is 4.23. The first kappa shape index (κ1) is 24.6. The van der Waals surface area contributed by atoms with E-state index in [1.165, 1.54) is 0 Å². The summed E-state index contributed by atoms with van der Waals surface area (Å²) in [5, 5.41) is 7.21. The third-order valence-electron chi connectivity index (χ3n) is 7.21. The van der Waals surface area contributed by atoms with Gasteiger partial charge in [-0.25, -0.2) is 4.98 Å². The first-order chi connectivity index (χ1) is 17.4. The van der Waals surface area contributed by atoms with E-state index in [9.17, 15) is 9.59 Å². The number of piperazine rings is 1. The number of aromatic nitrogens is 2. The molecule has 5 rings (SSSR count). The molecule has 0 spiro atoms. The van der Waals surface area contributed by atoms with Crippen LogP contribution < -0.4 is 15.5 Å². The SMILES string of the molecule is CC(=O)N1CCN(c2cc(Cl)c3c(c2)nc(NC(=O)c2cccc(C)c2)n3C2CCCCNC2)CC1. The number of carbonyl (C=O) groups is 2. The number of hydrogen-bond acceptors (Lipinski definition) is 5. The molecule has 2 amide bonds. The van der Waals surface area contributed by atoms with Crippen LogP contribution in [-0.4, -0.2) is 65.5 Å². The number of anilines is 2. The summed E-state index contributed by atoms with van der Waals surface area (Å²) >= 11 is 6.93. The third kappa shape index (κ3) is 5.06. The minimum atomic E-state index is -0.187. The third-order valence-corrected chi connectivity index (χ3v) is 7.49. The lowest BCUT2D eigenvalue weighted by Gasteiger charge is -2.35. The van der Waals surface area contributed by atoms with Crippen molar-refractivity contribution >= 4 is 46.1 Å². The molecule has 3 aromatic rings. The lowest BCUT2D eigenvalue weighted by molar-refractivity contribution is -0.129. The smallest absolute Gasteiger partial charge is 0.257 e. The summed E-state index contributed by atoms with van der Waals surface area (Å²) in [5.74, 6) is 0.437. The van der Waals surface area contributed by atoms with Crippen LogP contribution >= 0.6 is 11.6 Å². The molecule has 0 bridgehead atoms. The maximum absolute atomic E-state index is 13.2. The lowest BCUT2D eigenvalue weighted by Crippen LogP contribution is -2.48. The Hall–Kier alpha value is -3.10. The summed E-state index contributed by atoms with van der Waals surface area (Å²) in [7, 11) is 0. The van der Waals surface area contributed by atoms with E-state index in [0.717, 1.165) is 67.7 Å². The molecule has 190 valence electrons. The summed E-state index contributed by atoms with van der Waals surface area (Å²) in [6, 6.07) is 11.7. The van der Waals surface area contributed by atoms with Crippen LogP contribution in [0.2, 0.25) is 5.02 Å². The number of rotatable bonds is 4. The van der Waals surface area contributed by atoms with Crippen LogP contribution in [0, 0.1) is 6.92 Å². The van der Waals surface area contributed by atoms with E-state index in [1.807, 2.05) is 48.2 Å². The van der Waals surface area contributed by atoms with E-state index < -0.39 is 0 Å². The fraction of sp³-hybridized carbons (Fsp3) is 0.444. The van der Waals surface area contributed by atoms with Crippen LogP contribution in [0.3, 0.4) is 0 Å². The number of fused-ring (bicyclic) bond motifs is 1. The Morgan fingerprint density at radius 1 is 1.11 bits per heavy atom. The number of carbonyl (C=O) groups excluding carboxylic acids is 2. The summed E-state index contributed by atoms with van der Waals surface area (Å²) in [5.41, 5.74) is 4.21. The maximum Gasteiger partial charge on any atom is 0.257 e. The molecule has 9 heteroatoms. The van der Waals surface area contributed by atoms with Gasteiger partial charge >= 0.3 is 0 Å². The summed E-state index contributed by atoms with van der Waals surface area (Å²) in [4.78, 5) is 33.9. The van der Waals surface area contributed by atoms with Crippen molar-refractivity contribution in [2.45, 2.75) is 39.2 Å². The Morgan fingerprint density at radius 2 is 1.92 bits per heavy atom. The van der Waals surface area contributed by atoms with Crippen molar-refractivity contribution in [1.82, 2.24) is 19.8 Å². The average Bonchev–Trinajstić information content (AvgIpc) is 3.02. The maximum atomic E-state index is 13.2. The van der Waals surface area contributed by atoms with Crippen LogP contribution in [0.4, 0.5) is 11.6 Å². The normalized spacial score (nSPS) is 18.8. The molecule has 1 atom stereocenters. The Morgan fingerprint density at radius 3 is 2.67 bits per heavy atom. The first-order valence-corrected chi connectivity index (χ1v) is 13.1. The standard InChI is InChI=1S/C27H33ClN6O2/c1-18-6-5-7-20(14-18)26(36)31-27-30-24-16-22(33-12-10-32(11-13-33)19(2)35)15-23(28)25(24)34(27)21-8-3-4-9-29-17-21/h5-7,14-16,21,29H,3-4,8-13,17H2,1-2H3,(H,30,31,36). The number of aryl methyl sites for hydroxylation is 1. The highest BCUT2D eigenvalue weighted by Crippen LogP contribution is 2.36. The summed E-state index contributed by atoms with van der Waals surface area (Å²) < 4.78 is 2.11. The van der Waals surface area contributed by atoms with Gasteiger partial charge in [-0.05, 0) is 50.6 Å². The topological polar surface area (TPSA) is 82.5 Å². The fourth-order valence-corrected chi connectivity index (χ4v) is 5.55. The van der Waals surface area contributed by atoms with Crippen LogP contribution in [0.1, 0.15) is 48.1 Å². The van der Waals surface area contributed by atoms with E-state index in [-0.39, 0.29) is 17.9 Å². The van der Waals surface area contributed by atoms with E-state index >= 15 is 0 Å². The first-order valence-electron chi connectivity index (χ1n) is 12.7. The summed E-state index contributed by atoms with van der Waals surface area (Å²) in [6.07, 6.45) is 3.20. The van der Waals surface area contributed by atoms with Crippen molar-refractivity contribution in [2.24, 2.45) is 0 Å². The molecule has 0 radical (unpaired) electrons. The zero-order valence-electron chi connectivity index (χ0n) is 20.9. The molecule has 2 aromatic carbocycles. The molecule has 2 aliphatic rings. The van der Waals surface area contributed by atoms with Crippen LogP contribution in [0.5, 0.6) is 0 Å². The molecule has 1 unspecified atom stereocenters. The van der Waals surface area contributed by atoms with Crippen molar-refractivity contribution < 1.29 is 9.59 Å². The molecule has 1 aromatic heterocycles. The van der Waals surface area contributed by atoms with Crippen molar-refractivity contribution in [3.63, 3.8) is 0 Å². The van der Waals surface area contributed by atoms with Crippen molar-refractivity contribution in [1.29, 1.82) is 0 Å². The number of benzene rings is 2. The molecule has 0 aliphatic carbocycles. The molecule has 2 saturated heterocycles. The lowest BCUT2D eigenvalue weighted by atomic mass is 10.1. The van der Waals surface area contributed by atoms with Gasteiger partial charge in [0.2, 0.25) is 11.9 Å². The Labute approximate surface area is 216 Å². The molecule has 2 fully saturated rings. The van der Waals surface area contributed by atoms with Gasteiger partial charge in [-0.15, -0.1) is 0 Å². The Bertz CT molecular complexity index is 1270. The van der Waals surface area contributed by atoms with Gasteiger partial charge in [-0.2, -0.15) is 0 Å². The molecule has 2 N–H and O–H groups in total. The zero-order valence-corrected chi connectivity index (χ0v) is 21.6. The molecular weight excluding hydrogens is 476 g/mol. The number of halogens is 1. The molecule has 36 heavy (non-hydrogen) atoms. The highest BCUT2D eigenvalue weighted by atomic mass is 35.5. The van der Waals surface area contributed by atoms with Crippen LogP contribution in [0.25, 0.3) is 11.0 Å². The van der Waals surface area contributed by atoms with Gasteiger partial charge in [0, 0.05) is 56.9 Å². The molecule has 8 nitrogen and oxygen atoms in total. The van der Waals surface area contributed by atoms with E-state index in [1.54, 1.807) is 6.92 Å². The summed E-state index contributed by atoms with van der Waals surface area (Å²) in [6.45, 7) is 8.22. The number of amides is 2. The molecule has 3 heterocycles.